The highest BCUT2D eigenvalue weighted by atomic mass is 31.2. The molecule has 40 heavy (non-hydrogen) atoms. The van der Waals surface area contributed by atoms with Gasteiger partial charge in [0.2, 0.25) is 0 Å². The molecule has 4 atom stereocenters. The van der Waals surface area contributed by atoms with Crippen molar-refractivity contribution in [1.29, 1.82) is 0 Å². The third-order valence-electron chi connectivity index (χ3n) is 5.99. The molecule has 0 saturated carbocycles. The Kier molecular flexibility index (Phi) is 16.8. The molecule has 16 heteroatoms. The van der Waals surface area contributed by atoms with E-state index in [0.29, 0.717) is 0 Å². The Bertz CT molecular complexity index is 948. The number of carbonyl (C=O) groups is 3. The van der Waals surface area contributed by atoms with Gasteiger partial charge in [0.05, 0.1) is 62.8 Å². The summed E-state index contributed by atoms with van der Waals surface area (Å²) in [5.41, 5.74) is -2.45. The molecule has 0 amide bonds. The Balaban J connectivity index is 5.23. The van der Waals surface area contributed by atoms with Crippen molar-refractivity contribution in [2.24, 2.45) is 10.8 Å². The molecule has 0 spiro atoms. The van der Waals surface area contributed by atoms with Crippen LogP contribution in [0, 0.1) is 10.8 Å². The molecule has 0 aliphatic rings. The first-order valence-electron chi connectivity index (χ1n) is 12.7. The smallest absolute Gasteiger partial charge is 0.333 e. The standard InChI is InChI=1S/C24H44O14P2/c1-7-24(19(5)25,17-35-9-11-39(29,30)31)15-23(6,22(28)36-8-2)16-34-10-12-40(32,33)38-14-20(26)13-37-21(27)18(3)4/h20,26H,3,7-17H2,1-2,4-6H3,(H,32,33)(H2,29,30,31)/t20?,23-,24?/m1/s1. The summed E-state index contributed by atoms with van der Waals surface area (Å²) < 4.78 is 49.2. The molecular formula is C24H44O14P2. The van der Waals surface area contributed by atoms with Gasteiger partial charge in [-0.1, -0.05) is 13.5 Å². The normalized spacial score (nSPS) is 17.1. The molecule has 0 rings (SSSR count). The van der Waals surface area contributed by atoms with Gasteiger partial charge < -0.3 is 43.3 Å². The molecule has 3 unspecified atom stereocenters. The van der Waals surface area contributed by atoms with E-state index < -0.39 is 69.6 Å². The average Bonchev–Trinajstić information content (AvgIpc) is 2.85. The van der Waals surface area contributed by atoms with E-state index in [1.54, 1.807) is 13.8 Å². The zero-order chi connectivity index (χ0) is 31.2. The summed E-state index contributed by atoms with van der Waals surface area (Å²) >= 11 is 0. The number of hydrogen-bond acceptors (Lipinski definition) is 11. The fourth-order valence-corrected chi connectivity index (χ4v) is 4.79. The molecule has 0 bridgehead atoms. The first kappa shape index (κ1) is 38.5. The quantitative estimate of drug-likeness (QED) is 0.0590. The van der Waals surface area contributed by atoms with Gasteiger partial charge in [-0.05, 0) is 40.5 Å². The highest BCUT2D eigenvalue weighted by Gasteiger charge is 2.46. The number of hydrogen-bond donors (Lipinski definition) is 4. The second-order valence-corrected chi connectivity index (χ2v) is 13.6. The first-order valence-corrected chi connectivity index (χ1v) is 16.2. The van der Waals surface area contributed by atoms with Crippen molar-refractivity contribution in [3.63, 3.8) is 0 Å². The summed E-state index contributed by atoms with van der Waals surface area (Å²) in [4.78, 5) is 65.1. The topological polar surface area (TPSA) is 212 Å². The van der Waals surface area contributed by atoms with Crippen LogP contribution in [0.25, 0.3) is 0 Å². The van der Waals surface area contributed by atoms with Crippen LogP contribution in [0.2, 0.25) is 0 Å². The van der Waals surface area contributed by atoms with Gasteiger partial charge in [-0.25, -0.2) is 4.79 Å². The predicted octanol–water partition coefficient (Wildman–Crippen LogP) is 1.82. The first-order chi connectivity index (χ1) is 18.3. The molecule has 0 radical (unpaired) electrons. The van der Waals surface area contributed by atoms with Gasteiger partial charge in [-0.3, -0.25) is 18.7 Å². The van der Waals surface area contributed by atoms with Crippen molar-refractivity contribution in [2.45, 2.75) is 53.6 Å². The molecule has 234 valence electrons. The Morgan fingerprint density at radius 3 is 2.00 bits per heavy atom. The number of Topliss-reactive ketones (excluding diaryl/α,β-unsaturated/α-hetero) is 1. The summed E-state index contributed by atoms with van der Waals surface area (Å²) in [6.07, 6.45) is -2.20. The van der Waals surface area contributed by atoms with Crippen LogP contribution in [0.15, 0.2) is 12.2 Å². The van der Waals surface area contributed by atoms with Crippen LogP contribution < -0.4 is 0 Å². The molecule has 0 aromatic carbocycles. The Labute approximate surface area is 235 Å². The van der Waals surface area contributed by atoms with Crippen LogP contribution in [0.4, 0.5) is 0 Å². The molecule has 0 aliphatic carbocycles. The highest BCUT2D eigenvalue weighted by Crippen LogP contribution is 2.43. The average molecular weight is 619 g/mol. The molecule has 0 aromatic rings. The zero-order valence-electron chi connectivity index (χ0n) is 23.8. The number of aliphatic hydroxyl groups excluding tert-OH is 1. The van der Waals surface area contributed by atoms with E-state index in [4.69, 9.17) is 33.3 Å². The van der Waals surface area contributed by atoms with Crippen molar-refractivity contribution >= 4 is 32.9 Å². The number of aliphatic hydroxyl groups is 1. The molecule has 0 saturated heterocycles. The van der Waals surface area contributed by atoms with E-state index in [0.717, 1.165) is 0 Å². The van der Waals surface area contributed by atoms with Gasteiger partial charge in [0.15, 0.2) is 0 Å². The monoisotopic (exact) mass is 618 g/mol. The number of ether oxygens (including phenoxy) is 4. The summed E-state index contributed by atoms with van der Waals surface area (Å²) in [6, 6.07) is 0. The number of esters is 2. The van der Waals surface area contributed by atoms with Gasteiger partial charge >= 0.3 is 27.1 Å². The van der Waals surface area contributed by atoms with Gasteiger partial charge in [-0.2, -0.15) is 0 Å². The summed E-state index contributed by atoms with van der Waals surface area (Å²) in [6.45, 7) is 8.90. The van der Waals surface area contributed by atoms with Crippen LogP contribution in [0.1, 0.15) is 47.5 Å². The third-order valence-corrected chi connectivity index (χ3v) is 8.05. The maximum atomic E-state index is 12.9. The van der Waals surface area contributed by atoms with Gasteiger partial charge in [0, 0.05) is 5.57 Å². The molecule has 4 N–H and O–H groups in total. The van der Waals surface area contributed by atoms with E-state index in [-0.39, 0.29) is 57.2 Å². The molecule has 14 nitrogen and oxygen atoms in total. The predicted molar refractivity (Wildman–Crippen MR) is 144 cm³/mol. The lowest BCUT2D eigenvalue weighted by Gasteiger charge is -2.38. The van der Waals surface area contributed by atoms with Crippen molar-refractivity contribution in [2.75, 3.05) is 58.6 Å². The Hall–Kier alpha value is -1.47. The van der Waals surface area contributed by atoms with Crippen LogP contribution in [0.3, 0.4) is 0 Å². The lowest BCUT2D eigenvalue weighted by atomic mass is 9.69. The molecule has 0 heterocycles. The maximum absolute atomic E-state index is 12.9. The summed E-state index contributed by atoms with van der Waals surface area (Å²) in [7, 11) is -8.52. The van der Waals surface area contributed by atoms with Gasteiger partial charge in [0.25, 0.3) is 0 Å². The fraction of sp³-hybridized carbons (Fsp3) is 0.792. The van der Waals surface area contributed by atoms with Crippen LogP contribution >= 0.6 is 15.2 Å². The van der Waals surface area contributed by atoms with Crippen molar-refractivity contribution in [1.82, 2.24) is 0 Å². The summed E-state index contributed by atoms with van der Waals surface area (Å²) in [5, 5.41) is 9.80. The minimum Gasteiger partial charge on any atom is -0.466 e. The van der Waals surface area contributed by atoms with E-state index >= 15 is 0 Å². The highest BCUT2D eigenvalue weighted by molar-refractivity contribution is 7.52. The molecule has 0 aliphatic heterocycles. The second-order valence-electron chi connectivity index (χ2n) is 9.83. The second kappa shape index (κ2) is 17.5. The molecular weight excluding hydrogens is 574 g/mol. The maximum Gasteiger partial charge on any atom is 0.333 e. The van der Waals surface area contributed by atoms with Crippen molar-refractivity contribution < 1.29 is 66.8 Å². The van der Waals surface area contributed by atoms with E-state index in [1.165, 1.54) is 20.8 Å². The van der Waals surface area contributed by atoms with E-state index in [1.807, 2.05) is 0 Å². The lowest BCUT2D eigenvalue weighted by molar-refractivity contribution is -0.163. The zero-order valence-corrected chi connectivity index (χ0v) is 25.6. The summed E-state index contributed by atoms with van der Waals surface area (Å²) in [5.74, 6) is -1.70. The lowest BCUT2D eigenvalue weighted by Crippen LogP contribution is -2.45. The van der Waals surface area contributed by atoms with Crippen molar-refractivity contribution in [3.8, 4) is 0 Å². The fourth-order valence-electron chi connectivity index (χ4n) is 3.53. The molecule has 0 fully saturated rings. The van der Waals surface area contributed by atoms with Crippen LogP contribution in [0.5, 0.6) is 0 Å². The Morgan fingerprint density at radius 2 is 1.50 bits per heavy atom. The number of ketones is 1. The Morgan fingerprint density at radius 1 is 0.925 bits per heavy atom. The van der Waals surface area contributed by atoms with Gasteiger partial charge in [-0.15, -0.1) is 0 Å². The van der Waals surface area contributed by atoms with Gasteiger partial charge in [0.1, 0.15) is 18.5 Å². The SMILES string of the molecule is C=C(C)C(=O)OCC(O)COP(=O)(O)CCOC[C@@](C)(CC(CC)(COCCP(=O)(O)O)C(C)=O)C(=O)OCC. The number of rotatable bonds is 22. The largest absolute Gasteiger partial charge is 0.466 e. The van der Waals surface area contributed by atoms with Crippen molar-refractivity contribution in [3.05, 3.63) is 12.2 Å². The number of carbonyl (C=O) groups excluding carboxylic acids is 3. The van der Waals surface area contributed by atoms with E-state index in [2.05, 4.69) is 6.58 Å². The van der Waals surface area contributed by atoms with Crippen LogP contribution in [-0.4, -0.2) is 102 Å². The third kappa shape index (κ3) is 15.0. The molecule has 0 aromatic heterocycles. The van der Waals surface area contributed by atoms with E-state index in [9.17, 15) is 33.5 Å². The minimum absolute atomic E-state index is 0.0517. The van der Waals surface area contributed by atoms with Crippen LogP contribution in [-0.2, 0) is 47.0 Å². The minimum atomic E-state index is -4.29.